The molecule has 0 radical (unpaired) electrons. The van der Waals surface area contributed by atoms with Gasteiger partial charge in [-0.1, -0.05) is 12.1 Å². The molecule has 0 saturated carbocycles. The number of benzene rings is 2. The molecule has 2 aromatic carbocycles. The van der Waals surface area contributed by atoms with Crippen LogP contribution in [0.3, 0.4) is 0 Å². The maximum Gasteiger partial charge on any atom is 0.363 e. The summed E-state index contributed by atoms with van der Waals surface area (Å²) in [6, 6.07) is 16.9. The van der Waals surface area contributed by atoms with Crippen molar-refractivity contribution in [3.05, 3.63) is 72.1 Å². The monoisotopic (exact) mass is 390 g/mol. The molecule has 2 heterocycles. The van der Waals surface area contributed by atoms with E-state index in [1.807, 2.05) is 43.1 Å². The van der Waals surface area contributed by atoms with Crippen LogP contribution in [0.25, 0.3) is 10.9 Å². The number of carbonyl (C=O) groups is 1. The van der Waals surface area contributed by atoms with Crippen molar-refractivity contribution in [1.82, 2.24) is 14.7 Å². The Bertz CT molecular complexity index is 1180. The van der Waals surface area contributed by atoms with Gasteiger partial charge in [-0.25, -0.2) is 14.8 Å². The maximum absolute atomic E-state index is 12.3. The molecule has 146 valence electrons. The quantitative estimate of drug-likeness (QED) is 0.552. The molecule has 0 aliphatic heterocycles. The van der Waals surface area contributed by atoms with Crippen LogP contribution < -0.4 is 9.74 Å². The van der Waals surface area contributed by atoms with E-state index in [2.05, 4.69) is 9.97 Å². The van der Waals surface area contributed by atoms with Crippen molar-refractivity contribution >= 4 is 28.4 Å². The molecule has 8 heteroatoms. The fourth-order valence-electron chi connectivity index (χ4n) is 3.00. The summed E-state index contributed by atoms with van der Waals surface area (Å²) in [5, 5.41) is 20.1. The molecule has 0 bridgehead atoms. The lowest BCUT2D eigenvalue weighted by Crippen LogP contribution is -2.19. The van der Waals surface area contributed by atoms with Crippen molar-refractivity contribution in [1.29, 1.82) is 0 Å². The lowest BCUT2D eigenvalue weighted by molar-refractivity contribution is 0.0382. The zero-order valence-electron chi connectivity index (χ0n) is 15.8. The van der Waals surface area contributed by atoms with Crippen molar-refractivity contribution in [2.45, 2.75) is 6.92 Å². The molecule has 0 atom stereocenters. The van der Waals surface area contributed by atoms with Crippen molar-refractivity contribution < 1.29 is 19.8 Å². The van der Waals surface area contributed by atoms with Crippen molar-refractivity contribution in [2.24, 2.45) is 0 Å². The third kappa shape index (κ3) is 3.43. The topological polar surface area (TPSA) is 101 Å². The van der Waals surface area contributed by atoms with Gasteiger partial charge in [0, 0.05) is 30.3 Å². The minimum atomic E-state index is -0.718. The zero-order chi connectivity index (χ0) is 20.5. The highest BCUT2D eigenvalue weighted by molar-refractivity contribution is 5.92. The van der Waals surface area contributed by atoms with Crippen molar-refractivity contribution in [3.63, 3.8) is 0 Å². The summed E-state index contributed by atoms with van der Waals surface area (Å²) in [4.78, 5) is 28.2. The fourth-order valence-corrected chi connectivity index (χ4v) is 3.00. The van der Waals surface area contributed by atoms with Gasteiger partial charge in [-0.05, 0) is 43.3 Å². The summed E-state index contributed by atoms with van der Waals surface area (Å²) in [6.07, 6.45) is 0. The van der Waals surface area contributed by atoms with E-state index < -0.39 is 5.97 Å². The summed E-state index contributed by atoms with van der Waals surface area (Å²) in [5.41, 5.74) is 1.93. The highest BCUT2D eigenvalue weighted by Crippen LogP contribution is 2.29. The first-order valence-corrected chi connectivity index (χ1v) is 8.83. The van der Waals surface area contributed by atoms with Gasteiger partial charge in [-0.3, -0.25) is 0 Å². The molecule has 0 aliphatic carbocycles. The van der Waals surface area contributed by atoms with Gasteiger partial charge in [-0.15, -0.1) is 4.73 Å². The highest BCUT2D eigenvalue weighted by atomic mass is 16.7. The minimum Gasteiger partial charge on any atom is -0.492 e. The Hall–Kier alpha value is -4.07. The second-order valence-electron chi connectivity index (χ2n) is 6.44. The number of aromatic nitrogens is 3. The average molecular weight is 390 g/mol. The van der Waals surface area contributed by atoms with E-state index in [0.29, 0.717) is 10.6 Å². The summed E-state index contributed by atoms with van der Waals surface area (Å²) in [5.74, 6) is -0.0524. The number of aromatic hydroxyl groups is 2. The number of nitrogens with zero attached hydrogens (tertiary/aromatic N) is 4. The van der Waals surface area contributed by atoms with Crippen LogP contribution in [-0.4, -0.2) is 37.9 Å². The number of hydrogen-bond donors (Lipinski definition) is 2. The van der Waals surface area contributed by atoms with E-state index in [-0.39, 0.29) is 17.3 Å². The van der Waals surface area contributed by atoms with Gasteiger partial charge in [0.1, 0.15) is 11.6 Å². The van der Waals surface area contributed by atoms with Crippen LogP contribution in [0.15, 0.2) is 60.7 Å². The third-order valence-corrected chi connectivity index (χ3v) is 4.47. The molecule has 0 saturated heterocycles. The average Bonchev–Trinajstić information content (AvgIpc) is 3.04. The summed E-state index contributed by atoms with van der Waals surface area (Å²) >= 11 is 0. The molecule has 4 aromatic rings. The maximum atomic E-state index is 12.3. The first kappa shape index (κ1) is 18.3. The van der Waals surface area contributed by atoms with Crippen LogP contribution in [0, 0.1) is 6.92 Å². The van der Waals surface area contributed by atoms with Crippen LogP contribution in [0.1, 0.15) is 16.2 Å². The first-order valence-electron chi connectivity index (χ1n) is 8.83. The van der Waals surface area contributed by atoms with Gasteiger partial charge in [0.15, 0.2) is 0 Å². The standard InChI is InChI=1S/C21H18N4O4/c1-13-22-17-6-4-3-5-16(17)20(23-13)24(2)15-9-7-14(8-10-15)21(28)29-25-18(26)11-12-19(25)27/h3-12,26-27H,1-2H3. The van der Waals surface area contributed by atoms with Crippen LogP contribution in [0.5, 0.6) is 11.8 Å². The SMILES string of the molecule is Cc1nc(N(C)c2ccc(C(=O)On3c(O)ccc3O)cc2)c2ccccc2n1. The summed E-state index contributed by atoms with van der Waals surface area (Å²) < 4.78 is 0.651. The van der Waals surface area contributed by atoms with Crippen LogP contribution in [0.2, 0.25) is 0 Å². The Morgan fingerprint density at radius 2 is 1.62 bits per heavy atom. The van der Waals surface area contributed by atoms with E-state index in [1.54, 1.807) is 24.3 Å². The predicted molar refractivity (Wildman–Crippen MR) is 107 cm³/mol. The predicted octanol–water partition coefficient (Wildman–Crippen LogP) is 3.19. The lowest BCUT2D eigenvalue weighted by Gasteiger charge is -2.20. The Kier molecular flexibility index (Phi) is 4.52. The number of fused-ring (bicyclic) bond motifs is 1. The van der Waals surface area contributed by atoms with E-state index in [9.17, 15) is 15.0 Å². The Labute approximate surface area is 166 Å². The Morgan fingerprint density at radius 1 is 0.966 bits per heavy atom. The summed E-state index contributed by atoms with van der Waals surface area (Å²) in [7, 11) is 1.89. The molecule has 0 spiro atoms. The number of anilines is 2. The van der Waals surface area contributed by atoms with Gasteiger partial charge in [0.25, 0.3) is 0 Å². The van der Waals surface area contributed by atoms with E-state index >= 15 is 0 Å². The van der Waals surface area contributed by atoms with E-state index in [4.69, 9.17) is 4.84 Å². The largest absolute Gasteiger partial charge is 0.492 e. The minimum absolute atomic E-state index is 0.262. The van der Waals surface area contributed by atoms with Gasteiger partial charge in [0.05, 0.1) is 11.1 Å². The molecule has 0 amide bonds. The lowest BCUT2D eigenvalue weighted by atomic mass is 10.2. The molecular weight excluding hydrogens is 372 g/mol. The van der Waals surface area contributed by atoms with E-state index in [0.717, 1.165) is 22.4 Å². The number of aryl methyl sites for hydroxylation is 1. The Morgan fingerprint density at radius 3 is 2.31 bits per heavy atom. The van der Waals surface area contributed by atoms with Crippen LogP contribution in [0.4, 0.5) is 11.5 Å². The van der Waals surface area contributed by atoms with Gasteiger partial charge < -0.3 is 20.0 Å². The first-order chi connectivity index (χ1) is 13.9. The molecule has 2 N–H and O–H groups in total. The van der Waals surface area contributed by atoms with Gasteiger partial charge in [0.2, 0.25) is 11.8 Å². The van der Waals surface area contributed by atoms with Gasteiger partial charge >= 0.3 is 5.97 Å². The molecule has 2 aromatic heterocycles. The van der Waals surface area contributed by atoms with Gasteiger partial charge in [-0.2, -0.15) is 0 Å². The van der Waals surface area contributed by atoms with Crippen molar-refractivity contribution in [3.8, 4) is 11.8 Å². The fraction of sp³-hybridized carbons (Fsp3) is 0.0952. The second kappa shape index (κ2) is 7.16. The molecule has 4 rings (SSSR count). The number of rotatable bonds is 4. The zero-order valence-corrected chi connectivity index (χ0v) is 15.8. The second-order valence-corrected chi connectivity index (χ2v) is 6.44. The molecule has 0 fully saturated rings. The molecule has 0 aliphatic rings. The highest BCUT2D eigenvalue weighted by Gasteiger charge is 2.16. The summed E-state index contributed by atoms with van der Waals surface area (Å²) in [6.45, 7) is 1.84. The molecule has 8 nitrogen and oxygen atoms in total. The Balaban J connectivity index is 1.60. The van der Waals surface area contributed by atoms with Crippen molar-refractivity contribution in [2.75, 3.05) is 11.9 Å². The molecule has 29 heavy (non-hydrogen) atoms. The van der Waals surface area contributed by atoms with Crippen LogP contribution in [-0.2, 0) is 0 Å². The third-order valence-electron chi connectivity index (χ3n) is 4.47. The van der Waals surface area contributed by atoms with Crippen LogP contribution >= 0.6 is 0 Å². The number of carbonyl (C=O) groups excluding carboxylic acids is 1. The number of para-hydroxylation sites is 1. The smallest absolute Gasteiger partial charge is 0.363 e. The number of hydrogen-bond acceptors (Lipinski definition) is 7. The normalized spacial score (nSPS) is 10.8. The molecule has 0 unspecified atom stereocenters. The van der Waals surface area contributed by atoms with E-state index in [1.165, 1.54) is 12.1 Å². The molecular formula is C21H18N4O4.